The summed E-state index contributed by atoms with van der Waals surface area (Å²) in [6.45, 7) is 6.35. The molecule has 1 atom stereocenters. The molecule has 0 aromatic rings. The normalized spacial score (nSPS) is 12.9. The Morgan fingerprint density at radius 1 is 0.266 bits per heavy atom. The third kappa shape index (κ3) is 64.5. The molecule has 0 spiro atoms. The van der Waals surface area contributed by atoms with Gasteiger partial charge in [-0.3, -0.25) is 14.4 Å². The minimum absolute atomic E-state index is 0.105. The van der Waals surface area contributed by atoms with E-state index in [2.05, 4.69) is 142 Å². The van der Waals surface area contributed by atoms with E-state index in [9.17, 15) is 14.4 Å². The van der Waals surface area contributed by atoms with Crippen LogP contribution in [0.4, 0.5) is 0 Å². The van der Waals surface area contributed by atoms with Gasteiger partial charge in [-0.1, -0.05) is 277 Å². The van der Waals surface area contributed by atoms with Crippen LogP contribution in [0.3, 0.4) is 0 Å². The number of hydrogen-bond acceptors (Lipinski definition) is 6. The first-order chi connectivity index (χ1) is 39.0. The molecule has 0 N–H and O–H groups in total. The number of ether oxygens (including phenoxy) is 3. The molecule has 450 valence electrons. The summed E-state index contributed by atoms with van der Waals surface area (Å²) < 4.78 is 16.8. The van der Waals surface area contributed by atoms with Gasteiger partial charge in [0.25, 0.3) is 0 Å². The van der Waals surface area contributed by atoms with Crippen molar-refractivity contribution in [1.82, 2.24) is 0 Å². The van der Waals surface area contributed by atoms with Crippen LogP contribution in [0.1, 0.15) is 303 Å². The Morgan fingerprint density at radius 2 is 0.494 bits per heavy atom. The second-order valence-electron chi connectivity index (χ2n) is 21.6. The molecule has 6 heteroatoms. The van der Waals surface area contributed by atoms with E-state index >= 15 is 0 Å². The predicted octanol–water partition coefficient (Wildman–Crippen LogP) is 22.8. The van der Waals surface area contributed by atoms with Crippen LogP contribution in [-0.2, 0) is 28.6 Å². The van der Waals surface area contributed by atoms with E-state index in [1.807, 2.05) is 0 Å². The minimum Gasteiger partial charge on any atom is -0.462 e. The van der Waals surface area contributed by atoms with Crippen molar-refractivity contribution >= 4 is 17.9 Å². The van der Waals surface area contributed by atoms with Crippen molar-refractivity contribution in [3.05, 3.63) is 122 Å². The fourth-order valence-electron chi connectivity index (χ4n) is 9.04. The summed E-state index contributed by atoms with van der Waals surface area (Å²) in [4.78, 5) is 38.2. The molecule has 6 nitrogen and oxygen atoms in total. The summed E-state index contributed by atoms with van der Waals surface area (Å²) in [5.41, 5.74) is 0. The van der Waals surface area contributed by atoms with Crippen molar-refractivity contribution in [2.75, 3.05) is 13.2 Å². The van der Waals surface area contributed by atoms with Crippen LogP contribution in [0.15, 0.2) is 122 Å². The second kappa shape index (κ2) is 66.3. The number of hydrogen-bond donors (Lipinski definition) is 0. The molecule has 0 bridgehead atoms. The van der Waals surface area contributed by atoms with Gasteiger partial charge in [-0.25, -0.2) is 0 Å². The maximum Gasteiger partial charge on any atom is 0.306 e. The Hall–Kier alpha value is -4.19. The van der Waals surface area contributed by atoms with Gasteiger partial charge >= 0.3 is 17.9 Å². The summed E-state index contributed by atoms with van der Waals surface area (Å²) >= 11 is 0. The van der Waals surface area contributed by atoms with Crippen molar-refractivity contribution < 1.29 is 28.6 Å². The Bertz CT molecular complexity index is 1640. The minimum atomic E-state index is -0.814. The first-order valence-electron chi connectivity index (χ1n) is 33.0. The lowest BCUT2D eigenvalue weighted by atomic mass is 10.0. The van der Waals surface area contributed by atoms with Crippen LogP contribution in [0.25, 0.3) is 0 Å². The quantitative estimate of drug-likeness (QED) is 0.0261. The van der Waals surface area contributed by atoms with Gasteiger partial charge in [-0.2, -0.15) is 0 Å². The van der Waals surface area contributed by atoms with Gasteiger partial charge in [0.1, 0.15) is 13.2 Å². The first kappa shape index (κ1) is 74.8. The van der Waals surface area contributed by atoms with E-state index in [-0.39, 0.29) is 37.5 Å². The molecule has 1 unspecified atom stereocenters. The number of unbranched alkanes of at least 4 members (excludes halogenated alkanes) is 28. The van der Waals surface area contributed by atoms with Crippen molar-refractivity contribution in [1.29, 1.82) is 0 Å². The molecule has 0 fully saturated rings. The highest BCUT2D eigenvalue weighted by molar-refractivity contribution is 5.71. The van der Waals surface area contributed by atoms with E-state index in [4.69, 9.17) is 14.2 Å². The molecule has 0 aliphatic carbocycles. The Labute approximate surface area is 488 Å². The highest BCUT2D eigenvalue weighted by atomic mass is 16.6. The Balaban J connectivity index is 4.20. The molecular formula is C73H122O6. The summed E-state index contributed by atoms with van der Waals surface area (Å²) in [5, 5.41) is 0. The molecule has 0 radical (unpaired) electrons. The van der Waals surface area contributed by atoms with Crippen LogP contribution in [0.2, 0.25) is 0 Å². The lowest BCUT2D eigenvalue weighted by Crippen LogP contribution is -2.30. The average Bonchev–Trinajstić information content (AvgIpc) is 3.45. The smallest absolute Gasteiger partial charge is 0.306 e. The SMILES string of the molecule is CC/C=C\C/C=C\C/C=C\C/C=C\CCCCC(=O)OC(COC(=O)CCCCC/C=C\C/C=C\C/C=C\CC)COC(=O)CCCCCCCCCCCCCCCCCCCC/C=C\C/C=C\C/C=C\CCCCCCC. The Kier molecular flexibility index (Phi) is 62.8. The summed E-state index contributed by atoms with van der Waals surface area (Å²) in [6.07, 6.45) is 92.4. The zero-order valence-electron chi connectivity index (χ0n) is 51.6. The highest BCUT2D eigenvalue weighted by Crippen LogP contribution is 2.16. The van der Waals surface area contributed by atoms with Crippen LogP contribution < -0.4 is 0 Å². The molecular weight excluding hydrogens is 973 g/mol. The lowest BCUT2D eigenvalue weighted by Gasteiger charge is -2.18. The molecule has 0 heterocycles. The zero-order valence-corrected chi connectivity index (χ0v) is 51.6. The fraction of sp³-hybridized carbons (Fsp3) is 0.685. The van der Waals surface area contributed by atoms with Crippen LogP contribution in [0, 0.1) is 0 Å². The van der Waals surface area contributed by atoms with E-state index in [0.717, 1.165) is 116 Å². The molecule has 0 amide bonds. The summed E-state index contributed by atoms with van der Waals surface area (Å²) in [5.74, 6) is -0.974. The molecule has 0 rings (SSSR count). The largest absolute Gasteiger partial charge is 0.462 e. The lowest BCUT2D eigenvalue weighted by molar-refractivity contribution is -0.167. The standard InChI is InChI=1S/C73H122O6/c1-4-7-10-13-16-19-22-25-27-28-29-30-31-32-33-34-35-36-37-38-39-40-41-42-43-44-46-48-51-54-57-60-63-66-72(75)78-69-70(68-77-71(74)65-62-59-56-53-50-47-24-21-18-15-12-9-6-3)79-73(76)67-64-61-58-55-52-49-45-26-23-20-17-14-11-8-5-2/h8-9,11-12,17-18,20-22,25-26,28-29,31-32,45,47,50,52,55,70H,4-7,10,13-16,19,23-24,27,30,33-44,46,48-49,51,53-54,56-69H2,1-3H3/b11-8-,12-9-,20-17-,21-18-,25-22-,29-28-,32-31-,45-26-,50-47-,55-52-. The molecule has 0 aromatic heterocycles. The van der Waals surface area contributed by atoms with Crippen molar-refractivity contribution in [2.45, 2.75) is 309 Å². The van der Waals surface area contributed by atoms with Gasteiger partial charge in [0.15, 0.2) is 6.10 Å². The van der Waals surface area contributed by atoms with Gasteiger partial charge in [0.05, 0.1) is 0 Å². The van der Waals surface area contributed by atoms with Gasteiger partial charge in [-0.05, 0) is 128 Å². The summed E-state index contributed by atoms with van der Waals surface area (Å²) in [7, 11) is 0. The first-order valence-corrected chi connectivity index (χ1v) is 33.0. The molecule has 0 aliphatic rings. The maximum absolute atomic E-state index is 12.9. The van der Waals surface area contributed by atoms with Gasteiger partial charge < -0.3 is 14.2 Å². The predicted molar refractivity (Wildman–Crippen MR) is 343 cm³/mol. The van der Waals surface area contributed by atoms with Gasteiger partial charge in [0, 0.05) is 19.3 Å². The maximum atomic E-state index is 12.9. The van der Waals surface area contributed by atoms with E-state index in [0.29, 0.717) is 19.3 Å². The molecule has 79 heavy (non-hydrogen) atoms. The number of allylic oxidation sites excluding steroid dienone is 20. The summed E-state index contributed by atoms with van der Waals surface area (Å²) in [6, 6.07) is 0. The number of esters is 3. The third-order valence-electron chi connectivity index (χ3n) is 13.9. The number of rotatable bonds is 59. The molecule has 0 saturated carbocycles. The van der Waals surface area contributed by atoms with Crippen molar-refractivity contribution in [3.8, 4) is 0 Å². The van der Waals surface area contributed by atoms with E-state index in [1.165, 1.54) is 141 Å². The highest BCUT2D eigenvalue weighted by Gasteiger charge is 2.19. The van der Waals surface area contributed by atoms with Gasteiger partial charge in [-0.15, -0.1) is 0 Å². The third-order valence-corrected chi connectivity index (χ3v) is 13.9. The zero-order chi connectivity index (χ0) is 57.1. The van der Waals surface area contributed by atoms with Gasteiger partial charge in [0.2, 0.25) is 0 Å². The monoisotopic (exact) mass is 1090 g/mol. The molecule has 0 aliphatic heterocycles. The number of carbonyl (C=O) groups is 3. The topological polar surface area (TPSA) is 78.9 Å². The molecule has 0 saturated heterocycles. The van der Waals surface area contributed by atoms with Crippen molar-refractivity contribution in [3.63, 3.8) is 0 Å². The van der Waals surface area contributed by atoms with Crippen molar-refractivity contribution in [2.24, 2.45) is 0 Å². The molecule has 0 aromatic carbocycles. The second-order valence-corrected chi connectivity index (χ2v) is 21.6. The van der Waals surface area contributed by atoms with Crippen LogP contribution >= 0.6 is 0 Å². The Morgan fingerprint density at radius 3 is 0.810 bits per heavy atom. The fourth-order valence-corrected chi connectivity index (χ4v) is 9.04. The van der Waals surface area contributed by atoms with E-state index in [1.54, 1.807) is 0 Å². The average molecular weight is 1100 g/mol. The number of carbonyl (C=O) groups excluding carboxylic acids is 3. The van der Waals surface area contributed by atoms with Crippen LogP contribution in [0.5, 0.6) is 0 Å². The van der Waals surface area contributed by atoms with E-state index < -0.39 is 6.10 Å². The van der Waals surface area contributed by atoms with Crippen LogP contribution in [-0.4, -0.2) is 37.2 Å².